The Labute approximate surface area is 143 Å². The molecule has 0 saturated heterocycles. The second-order valence-corrected chi connectivity index (χ2v) is 5.40. The molecule has 7 heteroatoms. The van der Waals surface area contributed by atoms with Crippen LogP contribution < -0.4 is 11.3 Å². The molecule has 3 aromatic rings. The molecule has 3 rings (SSSR count). The van der Waals surface area contributed by atoms with Crippen molar-refractivity contribution in [1.29, 1.82) is 5.26 Å². The van der Waals surface area contributed by atoms with Crippen molar-refractivity contribution in [1.82, 2.24) is 9.55 Å². The Morgan fingerprint density at radius 1 is 1.36 bits per heavy atom. The number of halogens is 1. The lowest BCUT2D eigenvalue weighted by atomic mass is 10.0. The van der Waals surface area contributed by atoms with Crippen molar-refractivity contribution in [3.05, 3.63) is 58.7 Å². The molecule has 126 valence electrons. The molecule has 0 aliphatic heterocycles. The van der Waals surface area contributed by atoms with Crippen molar-refractivity contribution in [2.45, 2.75) is 13.0 Å². The van der Waals surface area contributed by atoms with Crippen LogP contribution in [0.15, 0.2) is 52.0 Å². The first kappa shape index (κ1) is 16.5. The molecule has 6 nitrogen and oxygen atoms in total. The van der Waals surface area contributed by atoms with Gasteiger partial charge in [-0.2, -0.15) is 5.26 Å². The molecule has 2 N–H and O–H groups in total. The number of anilines is 1. The third-order valence-corrected chi connectivity index (χ3v) is 3.75. The van der Waals surface area contributed by atoms with Crippen LogP contribution in [-0.4, -0.2) is 16.2 Å². The zero-order valence-corrected chi connectivity index (χ0v) is 13.3. The van der Waals surface area contributed by atoms with E-state index in [2.05, 4.69) is 4.98 Å². The molecule has 3 heterocycles. The smallest absolute Gasteiger partial charge is 0.250 e. The monoisotopic (exact) mass is 338 g/mol. The van der Waals surface area contributed by atoms with E-state index in [1.165, 1.54) is 16.9 Å². The zero-order valence-electron chi connectivity index (χ0n) is 13.3. The van der Waals surface area contributed by atoms with Crippen molar-refractivity contribution in [3.8, 4) is 28.7 Å². The molecule has 0 bridgehead atoms. The van der Waals surface area contributed by atoms with Gasteiger partial charge in [0.1, 0.15) is 17.6 Å². The number of furan rings is 1. The van der Waals surface area contributed by atoms with Crippen molar-refractivity contribution < 1.29 is 8.81 Å². The van der Waals surface area contributed by atoms with E-state index < -0.39 is 6.67 Å². The highest BCUT2D eigenvalue weighted by molar-refractivity contribution is 5.81. The maximum absolute atomic E-state index is 12.4. The van der Waals surface area contributed by atoms with Gasteiger partial charge in [-0.3, -0.25) is 9.18 Å². The number of aryl methyl sites for hydroxylation is 1. The maximum atomic E-state index is 12.4. The predicted octanol–water partition coefficient (Wildman–Crippen LogP) is 2.98. The van der Waals surface area contributed by atoms with Gasteiger partial charge in [-0.15, -0.1) is 0 Å². The number of pyridine rings is 2. The molecule has 0 atom stereocenters. The van der Waals surface area contributed by atoms with E-state index in [0.29, 0.717) is 22.6 Å². The number of nitriles is 1. The lowest BCUT2D eigenvalue weighted by molar-refractivity contribution is 0.444. The number of hydrogen-bond donors (Lipinski definition) is 1. The van der Waals surface area contributed by atoms with Crippen LogP contribution in [0, 0.1) is 11.3 Å². The summed E-state index contributed by atoms with van der Waals surface area (Å²) in [7, 11) is 0. The van der Waals surface area contributed by atoms with Crippen LogP contribution in [0.2, 0.25) is 0 Å². The van der Waals surface area contributed by atoms with E-state index in [4.69, 9.17) is 10.2 Å². The Morgan fingerprint density at radius 3 is 2.88 bits per heavy atom. The fourth-order valence-corrected chi connectivity index (χ4v) is 2.53. The van der Waals surface area contributed by atoms with Gasteiger partial charge in [0, 0.05) is 29.9 Å². The Kier molecular flexibility index (Phi) is 4.61. The van der Waals surface area contributed by atoms with Gasteiger partial charge in [0.05, 0.1) is 18.5 Å². The molecule has 3 aromatic heterocycles. The minimum atomic E-state index is -0.504. The van der Waals surface area contributed by atoms with Gasteiger partial charge >= 0.3 is 0 Å². The van der Waals surface area contributed by atoms with E-state index in [1.54, 1.807) is 30.5 Å². The van der Waals surface area contributed by atoms with E-state index >= 15 is 0 Å². The zero-order chi connectivity index (χ0) is 17.8. The summed E-state index contributed by atoms with van der Waals surface area (Å²) >= 11 is 0. The number of nitrogens with two attached hydrogens (primary N) is 1. The highest BCUT2D eigenvalue weighted by atomic mass is 19.1. The molecule has 0 spiro atoms. The standard InChI is InChI=1S/C18H15FN4O2/c19-6-2-7-23-11-12(4-5-16(23)24)14-9-13(10-20)18(21)22-17(14)15-3-1-8-25-15/h1,3-5,8-9,11H,2,6-7H2,(H2,21,22). The van der Waals surface area contributed by atoms with Crippen molar-refractivity contribution in [2.24, 2.45) is 0 Å². The molecule has 0 fully saturated rings. The quantitative estimate of drug-likeness (QED) is 0.771. The van der Waals surface area contributed by atoms with Gasteiger partial charge in [-0.25, -0.2) is 4.98 Å². The van der Waals surface area contributed by atoms with Gasteiger partial charge in [-0.1, -0.05) is 0 Å². The van der Waals surface area contributed by atoms with E-state index in [-0.39, 0.29) is 29.9 Å². The molecule has 0 unspecified atom stereocenters. The highest BCUT2D eigenvalue weighted by Crippen LogP contribution is 2.32. The Hall–Kier alpha value is -3.40. The summed E-state index contributed by atoms with van der Waals surface area (Å²) in [4.78, 5) is 16.2. The highest BCUT2D eigenvalue weighted by Gasteiger charge is 2.16. The summed E-state index contributed by atoms with van der Waals surface area (Å²) in [5.74, 6) is 0.594. The van der Waals surface area contributed by atoms with Crippen LogP contribution in [0.25, 0.3) is 22.6 Å². The van der Waals surface area contributed by atoms with Crippen LogP contribution in [0.4, 0.5) is 10.2 Å². The van der Waals surface area contributed by atoms with Crippen LogP contribution in [0.1, 0.15) is 12.0 Å². The number of aromatic nitrogens is 2. The molecule has 0 aromatic carbocycles. The summed E-state index contributed by atoms with van der Waals surface area (Å²) < 4.78 is 19.3. The summed E-state index contributed by atoms with van der Waals surface area (Å²) in [6, 6.07) is 10.1. The van der Waals surface area contributed by atoms with Crippen LogP contribution in [0.3, 0.4) is 0 Å². The largest absolute Gasteiger partial charge is 0.463 e. The average molecular weight is 338 g/mol. The first-order chi connectivity index (χ1) is 12.1. The summed E-state index contributed by atoms with van der Waals surface area (Å²) in [6.45, 7) is -0.233. The minimum absolute atomic E-state index is 0.100. The number of alkyl halides is 1. The van der Waals surface area contributed by atoms with Gasteiger partial charge < -0.3 is 14.7 Å². The topological polar surface area (TPSA) is 97.8 Å². The first-order valence-electron chi connectivity index (χ1n) is 7.65. The third kappa shape index (κ3) is 3.28. The third-order valence-electron chi connectivity index (χ3n) is 3.75. The first-order valence-corrected chi connectivity index (χ1v) is 7.65. The lowest BCUT2D eigenvalue weighted by Crippen LogP contribution is -2.18. The maximum Gasteiger partial charge on any atom is 0.250 e. The van der Waals surface area contributed by atoms with Crippen LogP contribution >= 0.6 is 0 Å². The predicted molar refractivity (Wildman–Crippen MR) is 91.4 cm³/mol. The number of rotatable bonds is 5. The van der Waals surface area contributed by atoms with Gasteiger partial charge in [-0.05, 0) is 30.7 Å². The summed E-state index contributed by atoms with van der Waals surface area (Å²) in [5, 5.41) is 9.24. The van der Waals surface area contributed by atoms with E-state index in [0.717, 1.165) is 0 Å². The van der Waals surface area contributed by atoms with E-state index in [9.17, 15) is 14.4 Å². The molecule has 25 heavy (non-hydrogen) atoms. The number of nitrogens with zero attached hydrogens (tertiary/aromatic N) is 3. The molecule has 0 radical (unpaired) electrons. The Balaban J connectivity index is 2.19. The molecule has 0 aliphatic carbocycles. The minimum Gasteiger partial charge on any atom is -0.463 e. The summed E-state index contributed by atoms with van der Waals surface area (Å²) in [6.07, 6.45) is 3.38. The van der Waals surface area contributed by atoms with Gasteiger partial charge in [0.2, 0.25) is 0 Å². The van der Waals surface area contributed by atoms with Crippen molar-refractivity contribution in [2.75, 3.05) is 12.4 Å². The second kappa shape index (κ2) is 7.01. The second-order valence-electron chi connectivity index (χ2n) is 5.40. The fraction of sp³-hybridized carbons (Fsp3) is 0.167. The fourth-order valence-electron chi connectivity index (χ4n) is 2.53. The number of hydrogen-bond acceptors (Lipinski definition) is 5. The normalized spacial score (nSPS) is 10.6. The van der Waals surface area contributed by atoms with Crippen LogP contribution in [0.5, 0.6) is 0 Å². The lowest BCUT2D eigenvalue weighted by Gasteiger charge is -2.12. The summed E-state index contributed by atoms with van der Waals surface area (Å²) in [5.41, 5.74) is 7.58. The molecule has 0 aliphatic rings. The molecular formula is C18H15FN4O2. The molecule has 0 amide bonds. The Bertz CT molecular complexity index is 987. The van der Waals surface area contributed by atoms with Crippen LogP contribution in [-0.2, 0) is 6.54 Å². The van der Waals surface area contributed by atoms with Crippen molar-refractivity contribution in [3.63, 3.8) is 0 Å². The number of nitrogen functional groups attached to an aromatic ring is 1. The molecule has 0 saturated carbocycles. The van der Waals surface area contributed by atoms with Crippen molar-refractivity contribution >= 4 is 5.82 Å². The average Bonchev–Trinajstić information content (AvgIpc) is 3.15. The van der Waals surface area contributed by atoms with Gasteiger partial charge in [0.15, 0.2) is 5.76 Å². The van der Waals surface area contributed by atoms with E-state index in [1.807, 2.05) is 6.07 Å². The molecular weight excluding hydrogens is 323 g/mol. The Morgan fingerprint density at radius 2 is 2.20 bits per heavy atom. The SMILES string of the molecule is N#Cc1cc(-c2ccc(=O)n(CCCF)c2)c(-c2ccco2)nc1N. The van der Waals surface area contributed by atoms with Gasteiger partial charge in [0.25, 0.3) is 5.56 Å².